The molecule has 1 fully saturated rings. The second kappa shape index (κ2) is 5.97. The minimum atomic E-state index is 0.500. The van der Waals surface area contributed by atoms with E-state index in [1.807, 2.05) is 16.9 Å². The average Bonchev–Trinajstić information content (AvgIpc) is 3.12. The molecule has 3 heterocycles. The number of fused-ring (bicyclic) bond motifs is 2. The van der Waals surface area contributed by atoms with Crippen LogP contribution in [0.1, 0.15) is 24.5 Å². The topological polar surface area (TPSA) is 42.2 Å². The molecule has 4 heteroatoms. The fourth-order valence-electron chi connectivity index (χ4n) is 3.97. The first kappa shape index (κ1) is 14.6. The van der Waals surface area contributed by atoms with E-state index in [-0.39, 0.29) is 0 Å². The molecule has 0 aliphatic carbocycles. The largest absolute Gasteiger partial charge is 0.316 e. The van der Waals surface area contributed by atoms with Gasteiger partial charge < -0.3 is 5.32 Å². The lowest BCUT2D eigenvalue weighted by atomic mass is 9.96. The zero-order valence-corrected chi connectivity index (χ0v) is 14.0. The van der Waals surface area contributed by atoms with Crippen LogP contribution >= 0.6 is 0 Å². The maximum atomic E-state index is 4.70. The Morgan fingerprint density at radius 3 is 2.84 bits per heavy atom. The lowest BCUT2D eigenvalue weighted by molar-refractivity contribution is 0.448. The van der Waals surface area contributed by atoms with Gasteiger partial charge >= 0.3 is 0 Å². The van der Waals surface area contributed by atoms with E-state index < -0.39 is 0 Å². The molecule has 1 aliphatic heterocycles. The molecule has 124 valence electrons. The molecule has 2 aromatic heterocycles. The zero-order chi connectivity index (χ0) is 16.6. The lowest BCUT2D eigenvalue weighted by Gasteiger charge is -2.23. The molecule has 0 spiro atoms. The highest BCUT2D eigenvalue weighted by molar-refractivity contribution is 5.99. The number of nitrogens with zero attached hydrogens (tertiary/aromatic N) is 3. The predicted octanol–water partition coefficient (Wildman–Crippen LogP) is 4.02. The van der Waals surface area contributed by atoms with Crippen molar-refractivity contribution in [2.75, 3.05) is 13.1 Å². The Bertz CT molecular complexity index is 1040. The van der Waals surface area contributed by atoms with Crippen molar-refractivity contribution in [3.8, 4) is 11.1 Å². The first-order valence-corrected chi connectivity index (χ1v) is 8.93. The number of nitrogens with one attached hydrogen (secondary N) is 1. The normalized spacial score (nSPS) is 18.0. The summed E-state index contributed by atoms with van der Waals surface area (Å²) in [6, 6.07) is 17.0. The molecule has 2 aromatic carbocycles. The van der Waals surface area contributed by atoms with Gasteiger partial charge in [0.25, 0.3) is 0 Å². The SMILES string of the molecule is c1ccc2c(-c3cnn4c(C5CCCNC5)ccnc34)cccc2c1. The molecule has 0 saturated carbocycles. The van der Waals surface area contributed by atoms with E-state index in [1.54, 1.807) is 0 Å². The molecule has 0 bridgehead atoms. The maximum Gasteiger partial charge on any atom is 0.163 e. The molecular weight excluding hydrogens is 308 g/mol. The summed E-state index contributed by atoms with van der Waals surface area (Å²) in [6.45, 7) is 2.13. The number of benzene rings is 2. The van der Waals surface area contributed by atoms with Crippen molar-refractivity contribution in [3.63, 3.8) is 0 Å². The van der Waals surface area contributed by atoms with E-state index in [1.165, 1.54) is 34.9 Å². The quantitative estimate of drug-likeness (QED) is 0.604. The number of rotatable bonds is 2. The van der Waals surface area contributed by atoms with Crippen molar-refractivity contribution in [3.05, 3.63) is 66.6 Å². The fraction of sp³-hybridized carbons (Fsp3) is 0.238. The van der Waals surface area contributed by atoms with Crippen LogP contribution in [0.4, 0.5) is 0 Å². The van der Waals surface area contributed by atoms with E-state index in [0.717, 1.165) is 24.3 Å². The summed E-state index contributed by atoms with van der Waals surface area (Å²) < 4.78 is 2.04. The number of piperidine rings is 1. The molecule has 0 radical (unpaired) electrons. The van der Waals surface area contributed by atoms with Gasteiger partial charge in [0.05, 0.1) is 11.9 Å². The zero-order valence-electron chi connectivity index (χ0n) is 14.0. The Morgan fingerprint density at radius 2 is 1.92 bits per heavy atom. The van der Waals surface area contributed by atoms with E-state index in [2.05, 4.69) is 58.8 Å². The highest BCUT2D eigenvalue weighted by Gasteiger charge is 2.20. The molecule has 1 unspecified atom stereocenters. The van der Waals surface area contributed by atoms with Crippen LogP contribution < -0.4 is 5.32 Å². The van der Waals surface area contributed by atoms with Crippen LogP contribution in [0.25, 0.3) is 27.5 Å². The second-order valence-electron chi connectivity index (χ2n) is 6.73. The monoisotopic (exact) mass is 328 g/mol. The van der Waals surface area contributed by atoms with Gasteiger partial charge in [-0.3, -0.25) is 0 Å². The van der Waals surface area contributed by atoms with Crippen LogP contribution in [-0.4, -0.2) is 27.7 Å². The van der Waals surface area contributed by atoms with Crippen molar-refractivity contribution in [2.24, 2.45) is 0 Å². The summed E-state index contributed by atoms with van der Waals surface area (Å²) in [5.74, 6) is 0.500. The summed E-state index contributed by atoms with van der Waals surface area (Å²) in [5.41, 5.74) is 4.49. The third-order valence-electron chi connectivity index (χ3n) is 5.23. The average molecular weight is 328 g/mol. The smallest absolute Gasteiger partial charge is 0.163 e. The maximum absolute atomic E-state index is 4.70. The Labute approximate surface area is 146 Å². The molecule has 1 N–H and O–H groups in total. The highest BCUT2D eigenvalue weighted by atomic mass is 15.3. The van der Waals surface area contributed by atoms with E-state index >= 15 is 0 Å². The Kier molecular flexibility index (Phi) is 3.49. The van der Waals surface area contributed by atoms with Crippen LogP contribution in [0.2, 0.25) is 0 Å². The number of aromatic nitrogens is 3. The Hall–Kier alpha value is -2.72. The van der Waals surface area contributed by atoms with Crippen molar-refractivity contribution in [1.82, 2.24) is 19.9 Å². The summed E-state index contributed by atoms with van der Waals surface area (Å²) in [6.07, 6.45) is 6.31. The minimum absolute atomic E-state index is 0.500. The lowest BCUT2D eigenvalue weighted by Crippen LogP contribution is -2.29. The molecule has 1 atom stereocenters. The second-order valence-corrected chi connectivity index (χ2v) is 6.73. The molecular formula is C21H20N4. The van der Waals surface area contributed by atoms with Crippen molar-refractivity contribution < 1.29 is 0 Å². The highest BCUT2D eigenvalue weighted by Crippen LogP contribution is 2.32. The summed E-state index contributed by atoms with van der Waals surface area (Å²) in [4.78, 5) is 4.66. The summed E-state index contributed by atoms with van der Waals surface area (Å²) in [5, 5.41) is 10.7. The van der Waals surface area contributed by atoms with E-state index in [9.17, 15) is 0 Å². The van der Waals surface area contributed by atoms with Gasteiger partial charge in [-0.25, -0.2) is 9.50 Å². The van der Waals surface area contributed by atoms with Crippen molar-refractivity contribution in [1.29, 1.82) is 0 Å². The predicted molar refractivity (Wildman–Crippen MR) is 101 cm³/mol. The van der Waals surface area contributed by atoms with E-state index in [0.29, 0.717) is 5.92 Å². The minimum Gasteiger partial charge on any atom is -0.316 e. The van der Waals surface area contributed by atoms with Crippen LogP contribution in [0.15, 0.2) is 60.9 Å². The van der Waals surface area contributed by atoms with Gasteiger partial charge in [0, 0.05) is 24.2 Å². The van der Waals surface area contributed by atoms with Crippen LogP contribution in [0.5, 0.6) is 0 Å². The van der Waals surface area contributed by atoms with Gasteiger partial charge in [0.1, 0.15) is 0 Å². The Morgan fingerprint density at radius 1 is 1.00 bits per heavy atom. The molecule has 4 nitrogen and oxygen atoms in total. The van der Waals surface area contributed by atoms with Gasteiger partial charge in [-0.15, -0.1) is 0 Å². The number of hydrogen-bond acceptors (Lipinski definition) is 3. The summed E-state index contributed by atoms with van der Waals surface area (Å²) in [7, 11) is 0. The van der Waals surface area contributed by atoms with Gasteiger partial charge in [-0.2, -0.15) is 5.10 Å². The molecule has 0 amide bonds. The van der Waals surface area contributed by atoms with Crippen LogP contribution in [-0.2, 0) is 0 Å². The van der Waals surface area contributed by atoms with E-state index in [4.69, 9.17) is 5.10 Å². The van der Waals surface area contributed by atoms with Crippen molar-refractivity contribution >= 4 is 16.4 Å². The van der Waals surface area contributed by atoms with Crippen molar-refractivity contribution in [2.45, 2.75) is 18.8 Å². The standard InChI is InChI=1S/C21H20N4/c1-2-8-17-15(5-1)6-3-9-18(17)19-14-24-25-20(10-12-23-21(19)25)16-7-4-11-22-13-16/h1-3,5-6,8-10,12,14,16,22H,4,7,11,13H2. The first-order valence-electron chi connectivity index (χ1n) is 8.93. The van der Waals surface area contributed by atoms with Gasteiger partial charge in [0.2, 0.25) is 0 Å². The first-order chi connectivity index (χ1) is 12.4. The summed E-state index contributed by atoms with van der Waals surface area (Å²) >= 11 is 0. The third kappa shape index (κ3) is 2.41. The molecule has 5 rings (SSSR count). The third-order valence-corrected chi connectivity index (χ3v) is 5.23. The fourth-order valence-corrected chi connectivity index (χ4v) is 3.97. The molecule has 1 aliphatic rings. The van der Waals surface area contributed by atoms with Gasteiger partial charge in [0.15, 0.2) is 5.65 Å². The van der Waals surface area contributed by atoms with Crippen LogP contribution in [0, 0.1) is 0 Å². The molecule has 1 saturated heterocycles. The van der Waals surface area contributed by atoms with Crippen LogP contribution in [0.3, 0.4) is 0 Å². The molecule has 4 aromatic rings. The Balaban J connectivity index is 1.70. The molecule has 25 heavy (non-hydrogen) atoms. The van der Waals surface area contributed by atoms with Gasteiger partial charge in [-0.05, 0) is 41.8 Å². The van der Waals surface area contributed by atoms with Gasteiger partial charge in [-0.1, -0.05) is 42.5 Å². The number of hydrogen-bond donors (Lipinski definition) is 1.